The van der Waals surface area contributed by atoms with Gasteiger partial charge in [-0.2, -0.15) is 0 Å². The normalized spacial score (nSPS) is 14.8. The number of hydrogen-bond donors (Lipinski definition) is 1. The maximum Gasteiger partial charge on any atom is 0.410 e. The van der Waals surface area contributed by atoms with Crippen molar-refractivity contribution in [3.8, 4) is 5.75 Å². The number of likely N-dealkylation sites (tertiary alicyclic amines) is 1. The van der Waals surface area contributed by atoms with E-state index in [1.165, 1.54) is 0 Å². The summed E-state index contributed by atoms with van der Waals surface area (Å²) in [5.41, 5.74) is 0.633. The van der Waals surface area contributed by atoms with Gasteiger partial charge in [-0.15, -0.1) is 0 Å². The second-order valence-corrected chi connectivity index (χ2v) is 12.2. The summed E-state index contributed by atoms with van der Waals surface area (Å²) < 4.78 is 26.4. The molecule has 1 N–H and O–H groups in total. The van der Waals surface area contributed by atoms with Gasteiger partial charge in [-0.25, -0.2) is 9.18 Å². The van der Waals surface area contributed by atoms with Crippen LogP contribution in [0.2, 0.25) is 0 Å². The van der Waals surface area contributed by atoms with E-state index >= 15 is 0 Å². The summed E-state index contributed by atoms with van der Waals surface area (Å²) in [6.07, 6.45) is 2.02. The van der Waals surface area contributed by atoms with Crippen LogP contribution in [0.3, 0.4) is 0 Å². The van der Waals surface area contributed by atoms with Crippen molar-refractivity contribution in [2.75, 3.05) is 33.4 Å². The SMILES string of the molecule is CNC(=O)c1ccc(O[Si](CN(C)C2CCN(C(=O)OC(C)(C)C)CC2)c2ccc(C)c(F)c2)cc1. The Morgan fingerprint density at radius 1 is 1.14 bits per heavy atom. The van der Waals surface area contributed by atoms with E-state index in [0.29, 0.717) is 36.1 Å². The van der Waals surface area contributed by atoms with E-state index in [2.05, 4.69) is 17.3 Å². The molecule has 0 saturated carbocycles. The smallest absolute Gasteiger partial charge is 0.410 e. The molecule has 0 aromatic heterocycles. The number of carbonyl (C=O) groups is 2. The zero-order chi connectivity index (χ0) is 26.5. The van der Waals surface area contributed by atoms with Crippen LogP contribution in [0, 0.1) is 12.7 Å². The maximum absolute atomic E-state index is 14.4. The van der Waals surface area contributed by atoms with Crippen molar-refractivity contribution in [1.82, 2.24) is 15.1 Å². The fraction of sp³-hybridized carbons (Fsp3) is 0.481. The molecule has 0 bridgehead atoms. The van der Waals surface area contributed by atoms with Gasteiger partial charge < -0.3 is 24.3 Å². The summed E-state index contributed by atoms with van der Waals surface area (Å²) in [4.78, 5) is 28.3. The quantitative estimate of drug-likeness (QED) is 0.572. The molecule has 195 valence electrons. The molecular formula is C27H37FN3O4Si. The van der Waals surface area contributed by atoms with Crippen LogP contribution >= 0.6 is 0 Å². The molecule has 1 aliphatic heterocycles. The first-order chi connectivity index (χ1) is 17.0. The van der Waals surface area contributed by atoms with Gasteiger partial charge in [-0.1, -0.05) is 12.1 Å². The highest BCUT2D eigenvalue weighted by molar-refractivity contribution is 6.68. The van der Waals surface area contributed by atoms with Gasteiger partial charge in [0.1, 0.15) is 17.2 Å². The highest BCUT2D eigenvalue weighted by Crippen LogP contribution is 2.20. The van der Waals surface area contributed by atoms with E-state index < -0.39 is 14.6 Å². The number of ether oxygens (including phenoxy) is 1. The molecule has 7 nitrogen and oxygen atoms in total. The van der Waals surface area contributed by atoms with Crippen molar-refractivity contribution in [3.05, 3.63) is 59.4 Å². The number of hydrogen-bond acceptors (Lipinski definition) is 5. The van der Waals surface area contributed by atoms with E-state index in [-0.39, 0.29) is 23.9 Å². The lowest BCUT2D eigenvalue weighted by Gasteiger charge is -2.38. The van der Waals surface area contributed by atoms with Gasteiger partial charge >= 0.3 is 15.1 Å². The molecule has 1 radical (unpaired) electrons. The molecular weight excluding hydrogens is 477 g/mol. The van der Waals surface area contributed by atoms with Crippen LogP contribution in [-0.2, 0) is 4.74 Å². The fourth-order valence-corrected chi connectivity index (χ4v) is 6.13. The highest BCUT2D eigenvalue weighted by atomic mass is 28.3. The molecule has 36 heavy (non-hydrogen) atoms. The third-order valence-electron chi connectivity index (χ3n) is 6.21. The molecule has 3 rings (SSSR count). The van der Waals surface area contributed by atoms with Crippen molar-refractivity contribution in [1.29, 1.82) is 0 Å². The monoisotopic (exact) mass is 514 g/mol. The average molecular weight is 515 g/mol. The molecule has 2 amide bonds. The van der Waals surface area contributed by atoms with Gasteiger partial charge in [0.2, 0.25) is 0 Å². The van der Waals surface area contributed by atoms with Crippen LogP contribution in [0.4, 0.5) is 9.18 Å². The van der Waals surface area contributed by atoms with Crippen LogP contribution in [0.5, 0.6) is 5.75 Å². The number of carbonyl (C=O) groups excluding carboxylic acids is 2. The van der Waals surface area contributed by atoms with E-state index in [1.807, 2.05) is 26.8 Å². The van der Waals surface area contributed by atoms with E-state index in [4.69, 9.17) is 9.16 Å². The minimum atomic E-state index is -1.67. The molecule has 1 saturated heterocycles. The molecule has 2 aromatic carbocycles. The summed E-state index contributed by atoms with van der Waals surface area (Å²) in [7, 11) is 1.98. The highest BCUT2D eigenvalue weighted by Gasteiger charge is 2.31. The van der Waals surface area contributed by atoms with Crippen LogP contribution in [0.15, 0.2) is 42.5 Å². The molecule has 2 aromatic rings. The number of rotatable bonds is 7. The van der Waals surface area contributed by atoms with Gasteiger partial charge in [0, 0.05) is 37.9 Å². The number of nitrogens with one attached hydrogen (secondary N) is 1. The molecule has 1 aliphatic rings. The van der Waals surface area contributed by atoms with Crippen molar-refractivity contribution >= 4 is 26.2 Å². The lowest BCUT2D eigenvalue weighted by molar-refractivity contribution is 0.0162. The summed E-state index contributed by atoms with van der Waals surface area (Å²) in [6, 6.07) is 12.6. The lowest BCUT2D eigenvalue weighted by atomic mass is 10.0. The average Bonchev–Trinajstić information content (AvgIpc) is 2.84. The number of piperidine rings is 1. The Kier molecular flexibility index (Phi) is 9.13. The predicted molar refractivity (Wildman–Crippen MR) is 140 cm³/mol. The second kappa shape index (κ2) is 11.9. The van der Waals surface area contributed by atoms with Gasteiger partial charge in [-0.3, -0.25) is 4.79 Å². The van der Waals surface area contributed by atoms with Gasteiger partial charge in [0.25, 0.3) is 5.91 Å². The van der Waals surface area contributed by atoms with Crippen molar-refractivity contribution in [2.24, 2.45) is 0 Å². The topological polar surface area (TPSA) is 71.1 Å². The molecule has 1 fully saturated rings. The Bertz CT molecular complexity index is 1050. The van der Waals surface area contributed by atoms with E-state index in [1.54, 1.807) is 55.3 Å². The maximum atomic E-state index is 14.4. The zero-order valence-electron chi connectivity index (χ0n) is 22.1. The predicted octanol–water partition coefficient (Wildman–Crippen LogP) is 3.64. The molecule has 0 spiro atoms. The summed E-state index contributed by atoms with van der Waals surface area (Å²) in [5, 5.41) is 3.45. The van der Waals surface area contributed by atoms with Crippen LogP contribution in [-0.4, -0.2) is 75.8 Å². The van der Waals surface area contributed by atoms with Crippen LogP contribution in [0.1, 0.15) is 49.5 Å². The van der Waals surface area contributed by atoms with Crippen molar-refractivity contribution < 1.29 is 23.1 Å². The minimum absolute atomic E-state index is 0.162. The zero-order valence-corrected chi connectivity index (χ0v) is 23.1. The number of benzene rings is 2. The van der Waals surface area contributed by atoms with Crippen LogP contribution < -0.4 is 14.9 Å². The summed E-state index contributed by atoms with van der Waals surface area (Å²) in [6.45, 7) is 8.62. The number of amides is 2. The fourth-order valence-electron chi connectivity index (χ4n) is 4.08. The first-order valence-electron chi connectivity index (χ1n) is 12.3. The Morgan fingerprint density at radius 2 is 1.78 bits per heavy atom. The van der Waals surface area contributed by atoms with Gasteiger partial charge in [0.05, 0.1) is 0 Å². The summed E-state index contributed by atoms with van der Waals surface area (Å²) in [5.74, 6) is 0.234. The van der Waals surface area contributed by atoms with E-state index in [0.717, 1.165) is 18.0 Å². The molecule has 0 aliphatic carbocycles. The Balaban J connectivity index is 1.70. The molecule has 9 heteroatoms. The third-order valence-corrected chi connectivity index (χ3v) is 8.43. The van der Waals surface area contributed by atoms with Gasteiger partial charge in [0.15, 0.2) is 0 Å². The van der Waals surface area contributed by atoms with Crippen molar-refractivity contribution in [3.63, 3.8) is 0 Å². The second-order valence-electron chi connectivity index (χ2n) is 10.2. The third kappa shape index (κ3) is 7.54. The molecule has 0 atom stereocenters. The summed E-state index contributed by atoms with van der Waals surface area (Å²) >= 11 is 0. The Morgan fingerprint density at radius 3 is 2.33 bits per heavy atom. The number of nitrogens with zero attached hydrogens (tertiary/aromatic N) is 2. The number of aryl methyl sites for hydroxylation is 1. The largest absolute Gasteiger partial charge is 0.536 e. The Labute approximate surface area is 215 Å². The number of halogens is 1. The molecule has 1 heterocycles. The lowest BCUT2D eigenvalue weighted by Crippen LogP contribution is -2.52. The standard InChI is InChI=1S/C27H37FN3O4Si/c1-19-7-12-23(17-24(19)28)36(35-22-10-8-20(9-11-22)25(32)29-5)18-30(6)21-13-15-31(16-14-21)26(33)34-27(2,3)4/h7-12,17,21H,13-16,18H2,1-6H3,(H,29,32). The van der Waals surface area contributed by atoms with Gasteiger partial charge in [-0.05, 0) is 88.7 Å². The van der Waals surface area contributed by atoms with Crippen molar-refractivity contribution in [2.45, 2.75) is 52.2 Å². The molecule has 0 unspecified atom stereocenters. The minimum Gasteiger partial charge on any atom is -0.536 e. The van der Waals surface area contributed by atoms with E-state index in [9.17, 15) is 14.0 Å². The first-order valence-corrected chi connectivity index (χ1v) is 13.9. The first kappa shape index (κ1) is 27.7. The van der Waals surface area contributed by atoms with Crippen LogP contribution in [0.25, 0.3) is 0 Å². The Hall–Kier alpha value is -2.91.